The number of carbonyl (C=O) groups is 3. The van der Waals surface area contributed by atoms with Crippen molar-refractivity contribution in [1.82, 2.24) is 4.90 Å². The number of hydrogen-bond donors (Lipinski definition) is 0. The van der Waals surface area contributed by atoms with Gasteiger partial charge < -0.3 is 23.7 Å². The molecular formula is C34H36ClNO8S. The van der Waals surface area contributed by atoms with E-state index in [2.05, 4.69) is 4.90 Å². The minimum Gasteiger partial charge on any atom is -0.492 e. The fraction of sp³-hybridized carbons (Fsp3) is 0.324. The average Bonchev–Trinajstić information content (AvgIpc) is 3.41. The third-order valence-corrected chi connectivity index (χ3v) is 8.44. The summed E-state index contributed by atoms with van der Waals surface area (Å²) in [5, 5.41) is 0.735. The first-order valence-electron chi connectivity index (χ1n) is 14.5. The molecule has 0 unspecified atom stereocenters. The van der Waals surface area contributed by atoms with Crippen molar-refractivity contribution in [2.24, 2.45) is 0 Å². The molecule has 0 spiro atoms. The fourth-order valence-electron chi connectivity index (χ4n) is 5.12. The van der Waals surface area contributed by atoms with Gasteiger partial charge in [-0.2, -0.15) is 0 Å². The van der Waals surface area contributed by atoms with Crippen LogP contribution in [-0.2, 0) is 19.1 Å². The number of thiophene rings is 1. The molecule has 11 heteroatoms. The van der Waals surface area contributed by atoms with Gasteiger partial charge in [0.05, 0.1) is 0 Å². The number of benzene rings is 3. The van der Waals surface area contributed by atoms with Crippen molar-refractivity contribution in [2.75, 3.05) is 53.7 Å². The predicted molar refractivity (Wildman–Crippen MR) is 175 cm³/mol. The average molecular weight is 654 g/mol. The topological polar surface area (TPSA) is 101 Å². The molecular weight excluding hydrogens is 618 g/mol. The summed E-state index contributed by atoms with van der Waals surface area (Å²) in [6.45, 7) is 3.39. The van der Waals surface area contributed by atoms with Crippen LogP contribution in [0.1, 0.15) is 35.2 Å². The van der Waals surface area contributed by atoms with Crippen molar-refractivity contribution in [3.05, 3.63) is 77.9 Å². The summed E-state index contributed by atoms with van der Waals surface area (Å²) < 4.78 is 27.1. The largest absolute Gasteiger partial charge is 0.492 e. The summed E-state index contributed by atoms with van der Waals surface area (Å²) in [5.74, 6) is 0.274. The van der Waals surface area contributed by atoms with Crippen LogP contribution in [0.4, 0.5) is 0 Å². The monoisotopic (exact) mass is 653 g/mol. The smallest absolute Gasteiger partial charge is 0.337 e. The van der Waals surface area contributed by atoms with Crippen LogP contribution in [-0.4, -0.2) is 76.3 Å². The summed E-state index contributed by atoms with van der Waals surface area (Å²) in [6, 6.07) is 19.4. The zero-order chi connectivity index (χ0) is 30.9. The number of hydrogen-bond acceptors (Lipinski definition) is 10. The predicted octanol–water partition coefficient (Wildman–Crippen LogP) is 6.19. The molecule has 0 saturated carbocycles. The Bertz CT molecular complexity index is 1600. The van der Waals surface area contributed by atoms with Crippen molar-refractivity contribution in [3.8, 4) is 27.7 Å². The third kappa shape index (κ3) is 8.90. The molecule has 1 aromatic heterocycles. The van der Waals surface area contributed by atoms with Crippen LogP contribution in [0.15, 0.2) is 66.7 Å². The van der Waals surface area contributed by atoms with Crippen molar-refractivity contribution in [3.63, 3.8) is 0 Å². The number of carbonyl (C=O) groups excluding carboxylic acids is 3. The highest BCUT2D eigenvalue weighted by atomic mass is 35.5. The number of ketones is 1. The van der Waals surface area contributed by atoms with Gasteiger partial charge in [0.25, 0.3) is 0 Å². The Labute approximate surface area is 272 Å². The number of piperidine rings is 1. The van der Waals surface area contributed by atoms with Gasteiger partial charge in [0, 0.05) is 46.9 Å². The first kappa shape index (κ1) is 34.1. The molecule has 2 heterocycles. The van der Waals surface area contributed by atoms with Crippen LogP contribution in [0, 0.1) is 0 Å². The van der Waals surface area contributed by atoms with E-state index < -0.39 is 11.9 Å². The van der Waals surface area contributed by atoms with Crippen molar-refractivity contribution < 1.29 is 38.1 Å². The number of ether oxygens (including phenoxy) is 5. The quantitative estimate of drug-likeness (QED) is 0.0950. The first-order valence-corrected chi connectivity index (χ1v) is 15.3. The molecule has 0 aliphatic carbocycles. The van der Waals surface area contributed by atoms with Gasteiger partial charge in [0.15, 0.2) is 5.78 Å². The second kappa shape index (κ2) is 16.5. The van der Waals surface area contributed by atoms with Crippen molar-refractivity contribution in [2.45, 2.75) is 19.3 Å². The maximum Gasteiger partial charge on any atom is 0.337 e. The van der Waals surface area contributed by atoms with E-state index in [9.17, 15) is 14.4 Å². The molecule has 1 saturated heterocycles. The van der Waals surface area contributed by atoms with Gasteiger partial charge >= 0.3 is 11.9 Å². The fourth-order valence-corrected chi connectivity index (χ4v) is 6.36. The van der Waals surface area contributed by atoms with E-state index in [0.717, 1.165) is 45.9 Å². The van der Waals surface area contributed by atoms with E-state index in [1.807, 2.05) is 12.1 Å². The van der Waals surface area contributed by atoms with Crippen LogP contribution in [0.5, 0.6) is 17.2 Å². The molecule has 1 aliphatic heterocycles. The van der Waals surface area contributed by atoms with E-state index in [1.165, 1.54) is 44.8 Å². The first-order chi connectivity index (χ1) is 21.4. The molecule has 238 valence electrons. The molecule has 0 amide bonds. The van der Waals surface area contributed by atoms with Gasteiger partial charge in [-0.1, -0.05) is 6.42 Å². The van der Waals surface area contributed by atoms with E-state index in [4.69, 9.17) is 23.7 Å². The number of esters is 2. The Balaban J connectivity index is 0.00000461. The Kier molecular flexibility index (Phi) is 12.5. The van der Waals surface area contributed by atoms with Crippen LogP contribution >= 0.6 is 23.7 Å². The summed E-state index contributed by atoms with van der Waals surface area (Å²) in [5.41, 5.74) is 1.83. The standard InChI is InChI=1S/C34H35NO8S.ClH/c1-39-21-30(36)42-26-12-8-24(9-13-26)34-32(28-15-14-27(20-29(28)44-34)43-31(37)22-40-2)33(38)23-6-10-25(11-7-23)41-19-18-35-16-4-3-5-17-35;/h6-15,20H,3-5,16-19,21-22H2,1-2H3;1H. The molecule has 45 heavy (non-hydrogen) atoms. The molecule has 4 aromatic rings. The molecule has 5 rings (SSSR count). The van der Waals surface area contributed by atoms with E-state index >= 15 is 0 Å². The summed E-state index contributed by atoms with van der Waals surface area (Å²) in [7, 11) is 2.84. The maximum atomic E-state index is 14.1. The zero-order valence-corrected chi connectivity index (χ0v) is 26.9. The van der Waals surface area contributed by atoms with E-state index in [-0.39, 0.29) is 31.4 Å². The van der Waals surface area contributed by atoms with Gasteiger partial charge in [0.2, 0.25) is 0 Å². The molecule has 0 radical (unpaired) electrons. The minimum absolute atomic E-state index is 0. The lowest BCUT2D eigenvalue weighted by molar-refractivity contribution is -0.139. The highest BCUT2D eigenvalue weighted by Gasteiger charge is 2.23. The molecule has 0 N–H and O–H groups in total. The zero-order valence-electron chi connectivity index (χ0n) is 25.2. The highest BCUT2D eigenvalue weighted by Crippen LogP contribution is 2.42. The Morgan fingerprint density at radius 3 is 2.00 bits per heavy atom. The van der Waals surface area contributed by atoms with Gasteiger partial charge in [-0.05, 0) is 98.2 Å². The molecule has 0 bridgehead atoms. The number of methoxy groups -OCH3 is 2. The van der Waals surface area contributed by atoms with Gasteiger partial charge in [-0.25, -0.2) is 9.59 Å². The van der Waals surface area contributed by atoms with Crippen molar-refractivity contribution in [1.29, 1.82) is 0 Å². The number of fused-ring (bicyclic) bond motifs is 1. The van der Waals surface area contributed by atoms with Crippen LogP contribution < -0.4 is 14.2 Å². The second-order valence-corrected chi connectivity index (χ2v) is 11.5. The maximum absolute atomic E-state index is 14.1. The van der Waals surface area contributed by atoms with E-state index in [1.54, 1.807) is 54.6 Å². The summed E-state index contributed by atoms with van der Waals surface area (Å²) in [4.78, 5) is 41.1. The SMILES string of the molecule is COCC(=O)Oc1ccc(-c2sc3cc(OC(=O)COC)ccc3c2C(=O)c2ccc(OCCN3CCCCC3)cc2)cc1.Cl. The van der Waals surface area contributed by atoms with Gasteiger partial charge in [-0.3, -0.25) is 9.69 Å². The highest BCUT2D eigenvalue weighted by molar-refractivity contribution is 7.22. The second-order valence-electron chi connectivity index (χ2n) is 10.4. The Hall–Kier alpha value is -3.80. The molecule has 0 atom stereocenters. The van der Waals surface area contributed by atoms with Crippen molar-refractivity contribution >= 4 is 51.6 Å². The lowest BCUT2D eigenvalue weighted by Crippen LogP contribution is -2.33. The molecule has 1 aliphatic rings. The number of rotatable bonds is 13. The Morgan fingerprint density at radius 1 is 0.756 bits per heavy atom. The molecule has 3 aromatic carbocycles. The number of halogens is 1. The van der Waals surface area contributed by atoms with Crippen LogP contribution in [0.25, 0.3) is 20.5 Å². The molecule has 1 fully saturated rings. The minimum atomic E-state index is -0.517. The lowest BCUT2D eigenvalue weighted by Gasteiger charge is -2.26. The normalized spacial score (nSPS) is 13.2. The third-order valence-electron chi connectivity index (χ3n) is 7.23. The van der Waals surface area contributed by atoms with Gasteiger partial charge in [-0.15, -0.1) is 23.7 Å². The molecule has 9 nitrogen and oxygen atoms in total. The number of nitrogens with zero attached hydrogens (tertiary/aromatic N) is 1. The summed E-state index contributed by atoms with van der Waals surface area (Å²) in [6.07, 6.45) is 3.78. The van der Waals surface area contributed by atoms with E-state index in [0.29, 0.717) is 29.2 Å². The number of likely N-dealkylation sites (tertiary alicyclic amines) is 1. The van der Waals surface area contributed by atoms with Crippen LogP contribution in [0.3, 0.4) is 0 Å². The Morgan fingerprint density at radius 2 is 1.36 bits per heavy atom. The summed E-state index contributed by atoms with van der Waals surface area (Å²) >= 11 is 1.41. The lowest BCUT2D eigenvalue weighted by atomic mass is 9.97. The van der Waals surface area contributed by atoms with Gasteiger partial charge in [0.1, 0.15) is 37.1 Å². The van der Waals surface area contributed by atoms with Crippen LogP contribution in [0.2, 0.25) is 0 Å².